The summed E-state index contributed by atoms with van der Waals surface area (Å²) in [4.78, 5) is 26.5. The van der Waals surface area contributed by atoms with E-state index in [2.05, 4.69) is 0 Å². The molecule has 0 aromatic rings. The fourth-order valence-electron chi connectivity index (χ4n) is 2.41. The predicted molar refractivity (Wildman–Crippen MR) is 86.3 cm³/mol. The Bertz CT molecular complexity index is 346. The van der Waals surface area contributed by atoms with Crippen molar-refractivity contribution >= 4 is 11.9 Å². The summed E-state index contributed by atoms with van der Waals surface area (Å²) < 4.78 is 5.60. The van der Waals surface area contributed by atoms with Crippen LogP contribution >= 0.6 is 0 Å². The molecule has 0 aliphatic heterocycles. The van der Waals surface area contributed by atoms with Gasteiger partial charge in [0.05, 0.1) is 0 Å². The maximum Gasteiger partial charge on any atom is 0.410 e. The Morgan fingerprint density at radius 3 is 1.67 bits per heavy atom. The first kappa shape index (κ1) is 19.9. The fourth-order valence-corrected chi connectivity index (χ4v) is 2.41. The Balaban J connectivity index is 5.14. The molecule has 4 nitrogen and oxygen atoms in total. The number of carbonyl (C=O) groups is 2. The summed E-state index contributed by atoms with van der Waals surface area (Å²) in [6.07, 6.45) is -0.678. The van der Waals surface area contributed by atoms with Crippen molar-refractivity contribution < 1.29 is 14.3 Å². The van der Waals surface area contributed by atoms with Crippen LogP contribution in [0.15, 0.2) is 0 Å². The number of hydrogen-bond donors (Lipinski definition) is 0. The van der Waals surface area contributed by atoms with Crippen LogP contribution in [0, 0.1) is 11.3 Å². The van der Waals surface area contributed by atoms with Crippen LogP contribution < -0.4 is 0 Å². The molecule has 0 fully saturated rings. The SMILES string of the molecule is CC(C)CC(=O)C(OC(=O)N(C(C)C)C(C)C)C(C)(C)C. The first-order chi connectivity index (χ1) is 9.37. The van der Waals surface area contributed by atoms with E-state index in [0.29, 0.717) is 6.42 Å². The van der Waals surface area contributed by atoms with Crippen LogP contribution in [0.5, 0.6) is 0 Å². The molecule has 1 unspecified atom stereocenters. The molecule has 0 aliphatic rings. The van der Waals surface area contributed by atoms with Crippen molar-refractivity contribution in [2.24, 2.45) is 11.3 Å². The average molecular weight is 299 g/mol. The minimum atomic E-state index is -0.701. The van der Waals surface area contributed by atoms with E-state index in [0.717, 1.165) is 0 Å². The van der Waals surface area contributed by atoms with Crippen molar-refractivity contribution in [1.82, 2.24) is 4.90 Å². The van der Waals surface area contributed by atoms with Crippen LogP contribution in [0.3, 0.4) is 0 Å². The lowest BCUT2D eigenvalue weighted by molar-refractivity contribution is -0.134. The van der Waals surface area contributed by atoms with Crippen molar-refractivity contribution in [2.45, 2.75) is 86.9 Å². The average Bonchev–Trinajstić information content (AvgIpc) is 2.21. The van der Waals surface area contributed by atoms with Gasteiger partial charge in [-0.2, -0.15) is 0 Å². The van der Waals surface area contributed by atoms with Gasteiger partial charge in [0.2, 0.25) is 0 Å². The first-order valence-electron chi connectivity index (χ1n) is 7.89. The molecule has 0 aliphatic carbocycles. The van der Waals surface area contributed by atoms with Crippen LogP contribution in [0.25, 0.3) is 0 Å². The predicted octanol–water partition coefficient (Wildman–Crippen LogP) is 4.27. The number of Topliss-reactive ketones (excluding diaryl/α,β-unsaturated/α-hetero) is 1. The molecule has 4 heteroatoms. The Morgan fingerprint density at radius 1 is 0.952 bits per heavy atom. The Morgan fingerprint density at radius 2 is 1.38 bits per heavy atom. The third kappa shape index (κ3) is 6.49. The monoisotopic (exact) mass is 299 g/mol. The molecule has 0 saturated heterocycles. The van der Waals surface area contributed by atoms with Crippen molar-refractivity contribution in [3.05, 3.63) is 0 Å². The minimum Gasteiger partial charge on any atom is -0.438 e. The highest BCUT2D eigenvalue weighted by molar-refractivity contribution is 5.86. The van der Waals surface area contributed by atoms with Crippen LogP contribution in [0.2, 0.25) is 0 Å². The summed E-state index contributed by atoms with van der Waals surface area (Å²) in [5.41, 5.74) is -0.402. The Kier molecular flexibility index (Phi) is 7.41. The summed E-state index contributed by atoms with van der Waals surface area (Å²) in [5.74, 6) is 0.255. The fraction of sp³-hybridized carbons (Fsp3) is 0.882. The quantitative estimate of drug-likeness (QED) is 0.735. The normalized spacial score (nSPS) is 13.7. The van der Waals surface area contributed by atoms with E-state index >= 15 is 0 Å². The molecule has 124 valence electrons. The van der Waals surface area contributed by atoms with Gasteiger partial charge in [-0.15, -0.1) is 0 Å². The van der Waals surface area contributed by atoms with Gasteiger partial charge in [-0.05, 0) is 33.6 Å². The first-order valence-corrected chi connectivity index (χ1v) is 7.89. The number of ketones is 1. The zero-order valence-electron chi connectivity index (χ0n) is 15.2. The highest BCUT2D eigenvalue weighted by Crippen LogP contribution is 2.26. The van der Waals surface area contributed by atoms with Gasteiger partial charge in [0.15, 0.2) is 11.9 Å². The second kappa shape index (κ2) is 7.81. The lowest BCUT2D eigenvalue weighted by atomic mass is 9.84. The summed E-state index contributed by atoms with van der Waals surface area (Å²) in [6, 6.07) is 0.0802. The lowest BCUT2D eigenvalue weighted by Gasteiger charge is -2.35. The van der Waals surface area contributed by atoms with E-state index in [1.54, 1.807) is 4.90 Å². The molecule has 1 amide bonds. The number of carbonyl (C=O) groups excluding carboxylic acids is 2. The van der Waals surface area contributed by atoms with Gasteiger partial charge in [-0.1, -0.05) is 34.6 Å². The summed E-state index contributed by atoms with van der Waals surface area (Å²) in [5, 5.41) is 0. The van der Waals surface area contributed by atoms with Gasteiger partial charge in [-0.25, -0.2) is 4.79 Å². The molecule has 0 rings (SSSR count). The molecule has 0 aromatic carbocycles. The van der Waals surface area contributed by atoms with Gasteiger partial charge >= 0.3 is 6.09 Å². The van der Waals surface area contributed by atoms with E-state index in [9.17, 15) is 9.59 Å². The van der Waals surface area contributed by atoms with E-state index in [-0.39, 0.29) is 23.8 Å². The molecule has 21 heavy (non-hydrogen) atoms. The molecule has 0 bridgehead atoms. The molecular formula is C17H33NO3. The summed E-state index contributed by atoms with van der Waals surface area (Å²) in [6.45, 7) is 17.6. The third-order valence-electron chi connectivity index (χ3n) is 3.23. The Labute approximate surface area is 130 Å². The molecule has 0 radical (unpaired) electrons. The van der Waals surface area contributed by atoms with Crippen LogP contribution in [-0.2, 0) is 9.53 Å². The molecule has 1 atom stereocenters. The lowest BCUT2D eigenvalue weighted by Crippen LogP contribution is -2.47. The molecule has 0 spiro atoms. The number of ether oxygens (including phenoxy) is 1. The number of hydrogen-bond acceptors (Lipinski definition) is 3. The van der Waals surface area contributed by atoms with E-state index in [4.69, 9.17) is 4.74 Å². The van der Waals surface area contributed by atoms with Gasteiger partial charge in [-0.3, -0.25) is 4.79 Å². The Hall–Kier alpha value is -1.06. The van der Waals surface area contributed by atoms with Crippen molar-refractivity contribution in [3.63, 3.8) is 0 Å². The topological polar surface area (TPSA) is 46.6 Å². The van der Waals surface area contributed by atoms with Crippen LogP contribution in [0.4, 0.5) is 4.79 Å². The molecular weight excluding hydrogens is 266 g/mol. The van der Waals surface area contributed by atoms with E-state index in [1.165, 1.54) is 0 Å². The van der Waals surface area contributed by atoms with E-state index in [1.807, 2.05) is 62.3 Å². The van der Waals surface area contributed by atoms with Crippen molar-refractivity contribution in [2.75, 3.05) is 0 Å². The van der Waals surface area contributed by atoms with Gasteiger partial charge in [0.1, 0.15) is 0 Å². The smallest absolute Gasteiger partial charge is 0.410 e. The van der Waals surface area contributed by atoms with Gasteiger partial charge in [0.25, 0.3) is 0 Å². The minimum absolute atomic E-state index is 0.00156. The second-order valence-corrected chi connectivity index (χ2v) is 7.79. The van der Waals surface area contributed by atoms with Crippen molar-refractivity contribution in [1.29, 1.82) is 0 Å². The van der Waals surface area contributed by atoms with Crippen LogP contribution in [0.1, 0.15) is 68.7 Å². The van der Waals surface area contributed by atoms with Gasteiger partial charge in [0, 0.05) is 23.9 Å². The standard InChI is InChI=1S/C17H33NO3/c1-11(2)10-14(19)15(17(7,8)9)21-16(20)18(12(3)4)13(5)6/h11-13,15H,10H2,1-9H3. The van der Waals surface area contributed by atoms with Crippen molar-refractivity contribution in [3.8, 4) is 0 Å². The molecule has 0 saturated carbocycles. The second-order valence-electron chi connectivity index (χ2n) is 7.79. The highest BCUT2D eigenvalue weighted by Gasteiger charge is 2.36. The maximum absolute atomic E-state index is 12.4. The molecule has 0 aromatic heterocycles. The highest BCUT2D eigenvalue weighted by atomic mass is 16.6. The number of nitrogens with zero attached hydrogens (tertiary/aromatic N) is 1. The number of rotatable bonds is 6. The zero-order chi connectivity index (χ0) is 17.0. The van der Waals surface area contributed by atoms with E-state index < -0.39 is 17.6 Å². The molecule has 0 N–H and O–H groups in total. The third-order valence-corrected chi connectivity index (χ3v) is 3.23. The van der Waals surface area contributed by atoms with Crippen LogP contribution in [-0.4, -0.2) is 35.0 Å². The number of amides is 1. The largest absolute Gasteiger partial charge is 0.438 e. The summed E-state index contributed by atoms with van der Waals surface area (Å²) in [7, 11) is 0. The molecule has 0 heterocycles. The van der Waals surface area contributed by atoms with Gasteiger partial charge < -0.3 is 9.64 Å². The maximum atomic E-state index is 12.4. The zero-order valence-corrected chi connectivity index (χ0v) is 15.2. The summed E-state index contributed by atoms with van der Waals surface area (Å²) >= 11 is 0.